The highest BCUT2D eigenvalue weighted by Gasteiger charge is 2.26. The molecule has 10 nitrogen and oxygen atoms in total. The lowest BCUT2D eigenvalue weighted by atomic mass is 10.1. The van der Waals surface area contributed by atoms with Crippen molar-refractivity contribution in [2.24, 2.45) is 0 Å². The van der Waals surface area contributed by atoms with Gasteiger partial charge in [-0.2, -0.15) is 0 Å². The number of pyridine rings is 1. The summed E-state index contributed by atoms with van der Waals surface area (Å²) in [5.41, 5.74) is 10.0. The minimum absolute atomic E-state index is 0.0912. The summed E-state index contributed by atoms with van der Waals surface area (Å²) >= 11 is 5.98. The molecule has 0 aliphatic carbocycles. The summed E-state index contributed by atoms with van der Waals surface area (Å²) in [5, 5.41) is 21.1. The van der Waals surface area contributed by atoms with E-state index in [1.807, 2.05) is 54.0 Å². The number of hydrogen-bond acceptors (Lipinski definition) is 8. The molecule has 1 atom stereocenters. The standard InChI is InChI=1S/C26H24ClN7O3/c1-2-34-23-19(26(36)30-18(14-35)12-15-8-10-17(27)11-9-15)13-29-20(16-6-4-3-5-7-16)21(23)31-25(34)22-24(28)33-37-32-22/h3-11,13,18,35H,2,12,14H2,1H3,(H2,28,33)(H,30,36). The highest BCUT2D eigenvalue weighted by molar-refractivity contribution is 6.30. The van der Waals surface area contributed by atoms with Gasteiger partial charge in [-0.15, -0.1) is 0 Å². The van der Waals surface area contributed by atoms with Gasteiger partial charge in [0, 0.05) is 23.3 Å². The fourth-order valence-electron chi connectivity index (χ4n) is 4.28. The third-order valence-corrected chi connectivity index (χ3v) is 6.31. The Morgan fingerprint density at radius 3 is 2.54 bits per heavy atom. The number of nitrogens with two attached hydrogens (primary N) is 1. The first-order valence-electron chi connectivity index (χ1n) is 11.7. The molecule has 0 radical (unpaired) electrons. The topological polar surface area (TPSA) is 145 Å². The largest absolute Gasteiger partial charge is 0.394 e. The second-order valence-corrected chi connectivity index (χ2v) is 8.88. The van der Waals surface area contributed by atoms with E-state index in [1.165, 1.54) is 6.20 Å². The number of nitrogens with one attached hydrogen (secondary N) is 1. The third kappa shape index (κ3) is 4.76. The van der Waals surface area contributed by atoms with Crippen LogP contribution in [-0.4, -0.2) is 48.5 Å². The minimum atomic E-state index is -0.523. The molecule has 0 aliphatic rings. The van der Waals surface area contributed by atoms with E-state index in [-0.39, 0.29) is 18.1 Å². The van der Waals surface area contributed by atoms with E-state index in [0.29, 0.717) is 46.1 Å². The summed E-state index contributed by atoms with van der Waals surface area (Å²) in [4.78, 5) is 23.0. The molecule has 1 amide bonds. The molecule has 0 aliphatic heterocycles. The zero-order valence-electron chi connectivity index (χ0n) is 19.9. The number of imidazole rings is 1. The molecule has 1 unspecified atom stereocenters. The summed E-state index contributed by atoms with van der Waals surface area (Å²) < 4.78 is 6.64. The van der Waals surface area contributed by atoms with E-state index in [2.05, 4.69) is 20.6 Å². The second kappa shape index (κ2) is 10.4. The summed E-state index contributed by atoms with van der Waals surface area (Å²) in [6.45, 7) is 2.15. The van der Waals surface area contributed by atoms with Gasteiger partial charge in [-0.3, -0.25) is 9.78 Å². The molecule has 5 aromatic rings. The lowest BCUT2D eigenvalue weighted by Gasteiger charge is -2.17. The van der Waals surface area contributed by atoms with Gasteiger partial charge in [-0.1, -0.05) is 54.1 Å². The smallest absolute Gasteiger partial charge is 0.255 e. The first-order chi connectivity index (χ1) is 18.0. The normalized spacial score (nSPS) is 12.1. The number of aromatic nitrogens is 5. The number of carbonyl (C=O) groups excluding carboxylic acids is 1. The summed E-state index contributed by atoms with van der Waals surface area (Å²) in [7, 11) is 0. The Morgan fingerprint density at radius 2 is 1.89 bits per heavy atom. The molecular formula is C26H24ClN7O3. The van der Waals surface area contributed by atoms with Crippen molar-refractivity contribution >= 4 is 34.4 Å². The highest BCUT2D eigenvalue weighted by atomic mass is 35.5. The van der Waals surface area contributed by atoms with Crippen LogP contribution < -0.4 is 11.1 Å². The predicted octanol–water partition coefficient (Wildman–Crippen LogP) is 3.74. The Labute approximate surface area is 217 Å². The predicted molar refractivity (Wildman–Crippen MR) is 140 cm³/mol. The van der Waals surface area contributed by atoms with E-state index in [9.17, 15) is 9.90 Å². The number of fused-ring (bicyclic) bond motifs is 1. The number of aliphatic hydroxyl groups excluding tert-OH is 1. The fraction of sp³-hybridized carbons (Fsp3) is 0.192. The molecule has 0 bridgehead atoms. The molecule has 2 aromatic carbocycles. The van der Waals surface area contributed by atoms with Crippen molar-refractivity contribution in [3.05, 3.63) is 76.9 Å². The molecule has 11 heteroatoms. The van der Waals surface area contributed by atoms with Crippen molar-refractivity contribution in [1.29, 1.82) is 0 Å². The number of hydrogen-bond donors (Lipinski definition) is 3. The van der Waals surface area contributed by atoms with Crippen molar-refractivity contribution in [2.45, 2.75) is 25.9 Å². The number of aryl methyl sites for hydroxylation is 1. The molecule has 188 valence electrons. The summed E-state index contributed by atoms with van der Waals surface area (Å²) in [6, 6.07) is 16.3. The van der Waals surface area contributed by atoms with E-state index < -0.39 is 11.9 Å². The van der Waals surface area contributed by atoms with E-state index in [1.54, 1.807) is 12.1 Å². The van der Waals surface area contributed by atoms with E-state index in [0.717, 1.165) is 11.1 Å². The van der Waals surface area contributed by atoms with Gasteiger partial charge in [0.1, 0.15) is 5.52 Å². The van der Waals surface area contributed by atoms with Crippen molar-refractivity contribution in [1.82, 2.24) is 30.2 Å². The molecule has 0 saturated heterocycles. The quantitative estimate of drug-likeness (QED) is 0.282. The van der Waals surface area contributed by atoms with Crippen molar-refractivity contribution in [2.75, 3.05) is 12.3 Å². The zero-order valence-corrected chi connectivity index (χ0v) is 20.7. The molecule has 5 rings (SSSR count). The maximum absolute atomic E-state index is 13.6. The molecule has 0 fully saturated rings. The van der Waals surface area contributed by atoms with Crippen LogP contribution in [0.2, 0.25) is 5.02 Å². The number of nitrogen functional groups attached to an aromatic ring is 1. The van der Waals surface area contributed by atoms with Gasteiger partial charge in [0.05, 0.1) is 29.4 Å². The van der Waals surface area contributed by atoms with Gasteiger partial charge >= 0.3 is 0 Å². The van der Waals surface area contributed by atoms with Crippen molar-refractivity contribution < 1.29 is 14.5 Å². The first-order valence-corrected chi connectivity index (χ1v) is 12.1. The van der Waals surface area contributed by atoms with Crippen LogP contribution >= 0.6 is 11.6 Å². The van der Waals surface area contributed by atoms with Crippen LogP contribution in [0.15, 0.2) is 65.4 Å². The van der Waals surface area contributed by atoms with Gasteiger partial charge in [0.25, 0.3) is 5.91 Å². The molecule has 37 heavy (non-hydrogen) atoms. The van der Waals surface area contributed by atoms with Crippen molar-refractivity contribution in [3.63, 3.8) is 0 Å². The van der Waals surface area contributed by atoms with Crippen LogP contribution in [0.5, 0.6) is 0 Å². The average molecular weight is 518 g/mol. The zero-order chi connectivity index (χ0) is 25.9. The maximum atomic E-state index is 13.6. The third-order valence-electron chi connectivity index (χ3n) is 6.05. The van der Waals surface area contributed by atoms with Crippen molar-refractivity contribution in [3.8, 4) is 22.8 Å². The van der Waals surface area contributed by atoms with Crippen LogP contribution in [0.4, 0.5) is 5.82 Å². The Morgan fingerprint density at radius 1 is 1.14 bits per heavy atom. The van der Waals surface area contributed by atoms with E-state index >= 15 is 0 Å². The Kier molecular flexibility index (Phi) is 6.85. The van der Waals surface area contributed by atoms with Crippen LogP contribution in [0.3, 0.4) is 0 Å². The number of anilines is 1. The van der Waals surface area contributed by atoms with Crippen LogP contribution in [0, 0.1) is 0 Å². The monoisotopic (exact) mass is 517 g/mol. The second-order valence-electron chi connectivity index (χ2n) is 8.45. The molecule has 0 spiro atoms. The Hall–Kier alpha value is -4.28. The van der Waals surface area contributed by atoms with Crippen LogP contribution in [-0.2, 0) is 13.0 Å². The molecule has 4 N–H and O–H groups in total. The SMILES string of the molecule is CCn1c(-c2nonc2N)nc2c(-c3ccccc3)ncc(C(=O)NC(CO)Cc3ccc(Cl)cc3)c21. The molecular weight excluding hydrogens is 494 g/mol. The van der Waals surface area contributed by atoms with Crippen LogP contribution in [0.25, 0.3) is 33.8 Å². The number of benzene rings is 2. The van der Waals surface area contributed by atoms with Crippen LogP contribution in [0.1, 0.15) is 22.8 Å². The highest BCUT2D eigenvalue weighted by Crippen LogP contribution is 2.33. The number of rotatable bonds is 8. The number of amides is 1. The Balaban J connectivity index is 1.60. The van der Waals surface area contributed by atoms with Gasteiger partial charge in [-0.05, 0) is 41.4 Å². The van der Waals surface area contributed by atoms with E-state index in [4.69, 9.17) is 26.9 Å². The number of halogens is 1. The number of aliphatic hydroxyl groups is 1. The number of nitrogens with zero attached hydrogens (tertiary/aromatic N) is 5. The average Bonchev–Trinajstić information content (AvgIpc) is 3.52. The van der Waals surface area contributed by atoms with Gasteiger partial charge in [0.2, 0.25) is 0 Å². The van der Waals surface area contributed by atoms with Gasteiger partial charge in [-0.25, -0.2) is 9.61 Å². The lowest BCUT2D eigenvalue weighted by molar-refractivity contribution is 0.0917. The number of carbonyl (C=O) groups is 1. The molecule has 3 heterocycles. The summed E-state index contributed by atoms with van der Waals surface area (Å²) in [5.74, 6) is 0.112. The minimum Gasteiger partial charge on any atom is -0.394 e. The maximum Gasteiger partial charge on any atom is 0.255 e. The molecule has 0 saturated carbocycles. The van der Waals surface area contributed by atoms with Gasteiger partial charge < -0.3 is 20.7 Å². The molecule has 3 aromatic heterocycles. The Bertz CT molecular complexity index is 1550. The lowest BCUT2D eigenvalue weighted by Crippen LogP contribution is -2.39. The van der Waals surface area contributed by atoms with Gasteiger partial charge in [0.15, 0.2) is 17.3 Å². The fourth-order valence-corrected chi connectivity index (χ4v) is 4.41. The first kappa shape index (κ1) is 24.4. The summed E-state index contributed by atoms with van der Waals surface area (Å²) in [6.07, 6.45) is 1.95.